The van der Waals surface area contributed by atoms with E-state index in [9.17, 15) is 0 Å². The van der Waals surface area contributed by atoms with E-state index in [1.165, 1.54) is 0 Å². The zero-order chi connectivity index (χ0) is 13.5. The lowest BCUT2D eigenvalue weighted by molar-refractivity contribution is -0.0403. The zero-order valence-electron chi connectivity index (χ0n) is 11.1. The second-order valence-electron chi connectivity index (χ2n) is 4.53. The number of morpholine rings is 1. The molecule has 2 rings (SSSR count). The van der Waals surface area contributed by atoms with E-state index in [0.717, 1.165) is 31.0 Å². The van der Waals surface area contributed by atoms with E-state index in [0.29, 0.717) is 12.5 Å². The van der Waals surface area contributed by atoms with E-state index in [1.807, 2.05) is 24.3 Å². The van der Waals surface area contributed by atoms with E-state index in [1.54, 1.807) is 0 Å². The fourth-order valence-corrected chi connectivity index (χ4v) is 2.02. The Morgan fingerprint density at radius 2 is 2.42 bits per heavy atom. The van der Waals surface area contributed by atoms with E-state index >= 15 is 0 Å². The SMILES string of the molecule is CN1CCOC(COc2cccc(C#CCCl)c2)C1. The lowest BCUT2D eigenvalue weighted by Crippen LogP contribution is -2.42. The van der Waals surface area contributed by atoms with Gasteiger partial charge in [-0.1, -0.05) is 17.9 Å². The quantitative estimate of drug-likeness (QED) is 0.624. The van der Waals surface area contributed by atoms with Gasteiger partial charge in [0.1, 0.15) is 18.5 Å². The van der Waals surface area contributed by atoms with Crippen LogP contribution in [-0.2, 0) is 4.74 Å². The van der Waals surface area contributed by atoms with Gasteiger partial charge in [-0.3, -0.25) is 0 Å². The Morgan fingerprint density at radius 1 is 1.53 bits per heavy atom. The summed E-state index contributed by atoms with van der Waals surface area (Å²) in [4.78, 5) is 2.25. The fourth-order valence-electron chi connectivity index (χ4n) is 1.96. The molecule has 0 spiro atoms. The second kappa shape index (κ2) is 7.40. The van der Waals surface area contributed by atoms with Gasteiger partial charge in [0, 0.05) is 18.7 Å². The van der Waals surface area contributed by atoms with Crippen molar-refractivity contribution >= 4 is 11.6 Å². The van der Waals surface area contributed by atoms with Crippen LogP contribution in [0.4, 0.5) is 0 Å². The van der Waals surface area contributed by atoms with Gasteiger partial charge in [0.2, 0.25) is 0 Å². The smallest absolute Gasteiger partial charge is 0.120 e. The first-order chi connectivity index (χ1) is 9.28. The normalized spacial score (nSPS) is 19.6. The molecule has 1 aliphatic heterocycles. The lowest BCUT2D eigenvalue weighted by atomic mass is 10.2. The number of alkyl halides is 1. The highest BCUT2D eigenvalue weighted by atomic mass is 35.5. The van der Waals surface area contributed by atoms with E-state index in [2.05, 4.69) is 23.8 Å². The number of benzene rings is 1. The summed E-state index contributed by atoms with van der Waals surface area (Å²) in [5.41, 5.74) is 0.917. The number of halogens is 1. The molecule has 1 aliphatic rings. The average molecular weight is 280 g/mol. The van der Waals surface area contributed by atoms with Gasteiger partial charge in [-0.2, -0.15) is 0 Å². The monoisotopic (exact) mass is 279 g/mol. The topological polar surface area (TPSA) is 21.7 Å². The third kappa shape index (κ3) is 4.76. The molecule has 19 heavy (non-hydrogen) atoms. The molecule has 1 aromatic carbocycles. The molecule has 1 saturated heterocycles. The van der Waals surface area contributed by atoms with Crippen LogP contribution in [0.1, 0.15) is 5.56 Å². The molecule has 1 heterocycles. The molecular formula is C15H18ClNO2. The Balaban J connectivity index is 1.88. The van der Waals surface area contributed by atoms with Crippen LogP contribution >= 0.6 is 11.6 Å². The van der Waals surface area contributed by atoms with Crippen LogP contribution in [0.15, 0.2) is 24.3 Å². The number of ether oxygens (including phenoxy) is 2. The van der Waals surface area contributed by atoms with Crippen molar-refractivity contribution in [3.63, 3.8) is 0 Å². The molecule has 1 unspecified atom stereocenters. The fraction of sp³-hybridized carbons (Fsp3) is 0.467. The van der Waals surface area contributed by atoms with Gasteiger partial charge in [0.25, 0.3) is 0 Å². The summed E-state index contributed by atoms with van der Waals surface area (Å²) < 4.78 is 11.4. The maximum absolute atomic E-state index is 5.76. The van der Waals surface area contributed by atoms with Gasteiger partial charge in [0.05, 0.1) is 12.5 Å². The van der Waals surface area contributed by atoms with Crippen molar-refractivity contribution in [2.45, 2.75) is 6.10 Å². The standard InChI is InChI=1S/C15H18ClNO2/c1-17-8-9-18-15(11-17)12-19-14-6-2-4-13(10-14)5-3-7-16/h2,4,6,10,15H,7-9,11-12H2,1H3. The molecule has 1 fully saturated rings. The molecule has 0 amide bonds. The largest absolute Gasteiger partial charge is 0.491 e. The van der Waals surface area contributed by atoms with E-state index in [-0.39, 0.29) is 6.10 Å². The predicted molar refractivity (Wildman–Crippen MR) is 76.8 cm³/mol. The number of hydrogen-bond donors (Lipinski definition) is 0. The molecular weight excluding hydrogens is 262 g/mol. The van der Waals surface area contributed by atoms with Crippen LogP contribution in [-0.4, -0.2) is 50.2 Å². The summed E-state index contributed by atoms with van der Waals surface area (Å²) in [6.45, 7) is 3.23. The highest BCUT2D eigenvalue weighted by Crippen LogP contribution is 2.14. The Kier molecular flexibility index (Phi) is 5.53. The maximum Gasteiger partial charge on any atom is 0.120 e. The Bertz CT molecular complexity index is 467. The number of likely N-dealkylation sites (N-methyl/N-ethyl adjacent to an activating group) is 1. The van der Waals surface area contributed by atoms with Crippen LogP contribution in [0, 0.1) is 11.8 Å². The van der Waals surface area contributed by atoms with Crippen molar-refractivity contribution in [1.82, 2.24) is 4.90 Å². The zero-order valence-corrected chi connectivity index (χ0v) is 11.8. The van der Waals surface area contributed by atoms with Gasteiger partial charge in [-0.15, -0.1) is 11.6 Å². The minimum absolute atomic E-state index is 0.135. The number of rotatable bonds is 3. The summed E-state index contributed by atoms with van der Waals surface area (Å²) in [5.74, 6) is 6.97. The maximum atomic E-state index is 5.76. The third-order valence-electron chi connectivity index (χ3n) is 2.91. The third-order valence-corrected chi connectivity index (χ3v) is 3.04. The van der Waals surface area contributed by atoms with Crippen molar-refractivity contribution in [3.05, 3.63) is 29.8 Å². The molecule has 4 heteroatoms. The van der Waals surface area contributed by atoms with Gasteiger partial charge in [0.15, 0.2) is 0 Å². The van der Waals surface area contributed by atoms with Crippen molar-refractivity contribution in [2.75, 3.05) is 39.2 Å². The van der Waals surface area contributed by atoms with Crippen LogP contribution in [0.3, 0.4) is 0 Å². The van der Waals surface area contributed by atoms with Crippen LogP contribution in [0.5, 0.6) is 5.75 Å². The van der Waals surface area contributed by atoms with E-state index in [4.69, 9.17) is 21.1 Å². The van der Waals surface area contributed by atoms with Gasteiger partial charge >= 0.3 is 0 Å². The van der Waals surface area contributed by atoms with Crippen molar-refractivity contribution < 1.29 is 9.47 Å². The first-order valence-electron chi connectivity index (χ1n) is 6.36. The van der Waals surface area contributed by atoms with Crippen LogP contribution < -0.4 is 4.74 Å². The summed E-state index contributed by atoms with van der Waals surface area (Å²) in [5, 5.41) is 0. The van der Waals surface area contributed by atoms with Crippen LogP contribution in [0.2, 0.25) is 0 Å². The summed E-state index contributed by atoms with van der Waals surface area (Å²) in [6.07, 6.45) is 0.135. The first-order valence-corrected chi connectivity index (χ1v) is 6.89. The van der Waals surface area contributed by atoms with Crippen molar-refractivity contribution in [2.24, 2.45) is 0 Å². The minimum atomic E-state index is 0.135. The van der Waals surface area contributed by atoms with Crippen LogP contribution in [0.25, 0.3) is 0 Å². The van der Waals surface area contributed by atoms with Gasteiger partial charge in [-0.05, 0) is 25.2 Å². The second-order valence-corrected chi connectivity index (χ2v) is 4.80. The van der Waals surface area contributed by atoms with Gasteiger partial charge in [-0.25, -0.2) is 0 Å². The molecule has 3 nitrogen and oxygen atoms in total. The Hall–Kier alpha value is -1.21. The molecule has 0 radical (unpaired) electrons. The van der Waals surface area contributed by atoms with Gasteiger partial charge < -0.3 is 14.4 Å². The minimum Gasteiger partial charge on any atom is -0.491 e. The molecule has 1 atom stereocenters. The van der Waals surface area contributed by atoms with Crippen molar-refractivity contribution in [3.8, 4) is 17.6 Å². The highest BCUT2D eigenvalue weighted by molar-refractivity contribution is 6.19. The molecule has 0 aromatic heterocycles. The molecule has 0 aliphatic carbocycles. The molecule has 102 valence electrons. The number of hydrogen-bond acceptors (Lipinski definition) is 3. The Morgan fingerprint density at radius 3 is 3.21 bits per heavy atom. The summed E-state index contributed by atoms with van der Waals surface area (Å²) in [6, 6.07) is 7.73. The summed E-state index contributed by atoms with van der Waals surface area (Å²) >= 11 is 5.54. The van der Waals surface area contributed by atoms with E-state index < -0.39 is 0 Å². The number of nitrogens with zero attached hydrogens (tertiary/aromatic N) is 1. The molecule has 0 N–H and O–H groups in total. The Labute approximate surface area is 119 Å². The summed E-state index contributed by atoms with van der Waals surface area (Å²) in [7, 11) is 2.10. The average Bonchev–Trinajstić information content (AvgIpc) is 2.43. The molecule has 0 saturated carbocycles. The first kappa shape index (κ1) is 14.2. The lowest BCUT2D eigenvalue weighted by Gasteiger charge is -2.29. The van der Waals surface area contributed by atoms with Crippen molar-refractivity contribution in [1.29, 1.82) is 0 Å². The highest BCUT2D eigenvalue weighted by Gasteiger charge is 2.18. The molecule has 0 bridgehead atoms. The molecule has 1 aromatic rings. The predicted octanol–water partition coefficient (Wildman–Crippen LogP) is 1.99.